The van der Waals surface area contributed by atoms with Gasteiger partial charge in [0.25, 0.3) is 0 Å². The summed E-state index contributed by atoms with van der Waals surface area (Å²) in [5.41, 5.74) is 14.5. The Bertz CT molecular complexity index is 6160. The van der Waals surface area contributed by atoms with Crippen LogP contribution in [0.3, 0.4) is 0 Å². The summed E-state index contributed by atoms with van der Waals surface area (Å²) in [5.74, 6) is 4.85. The van der Waals surface area contributed by atoms with Gasteiger partial charge in [0.15, 0.2) is 0 Å². The predicted molar refractivity (Wildman–Crippen MR) is 503 cm³/mol. The Kier molecular flexibility index (Phi) is 24.8. The van der Waals surface area contributed by atoms with Gasteiger partial charge in [-0.25, -0.2) is 29.9 Å². The number of methoxy groups -OCH3 is 3. The van der Waals surface area contributed by atoms with Crippen molar-refractivity contribution in [2.24, 2.45) is 0 Å². The number of ether oxygens (including phenoxy) is 6. The molecule has 2 aliphatic carbocycles. The molecule has 3 aliphatic heterocycles. The van der Waals surface area contributed by atoms with Crippen molar-refractivity contribution in [2.75, 3.05) is 164 Å². The topological polar surface area (TPSA) is 290 Å². The Labute approximate surface area is 735 Å². The van der Waals surface area contributed by atoms with Gasteiger partial charge in [0.2, 0.25) is 35.6 Å². The number of benzene rings is 6. The van der Waals surface area contributed by atoms with Crippen LogP contribution in [0.2, 0.25) is 0 Å². The number of carbonyl (C=O) groups is 3. The summed E-state index contributed by atoms with van der Waals surface area (Å²) in [6, 6.07) is 35.5. The van der Waals surface area contributed by atoms with Gasteiger partial charge in [-0.05, 0) is 175 Å². The number of aromatic nitrogens is 9. The third-order valence-corrected chi connectivity index (χ3v) is 24.2. The lowest BCUT2D eigenvalue weighted by Crippen LogP contribution is -2.47. The SMILES string of the molecule is C=CC(=O)Nc1cc(Nc2nccc(-c3cn4c5c(cccc35)OC3(CC3)C4)n2)c(OC)cc1N(C)CC(C)(C)N(C)C.C=CC(=O)Nc1cc(Nc2nccc(-c3cn4c5c(cccc35)OC3(CC3)C4)n2)c(OC)cc1N(C)CCN(C)C.C=CC(=O)Nc1cc(Nc2nccc(-c3cn4c5c(cccc35)OCCC4)n2)c(OC)cc1N(C)CC(C)(C)N(C)C. The minimum absolute atomic E-state index is 0.0576. The number of rotatable bonds is 30. The van der Waals surface area contributed by atoms with Crippen LogP contribution < -0.4 is 75.0 Å². The Morgan fingerprint density at radius 2 is 0.810 bits per heavy atom. The van der Waals surface area contributed by atoms with Crippen molar-refractivity contribution in [3.05, 3.63) is 184 Å². The standard InChI is InChI=1S/C33H39N7O3.C32H39N7O3.C31H35N7O3/c1-8-29(41)35-24-16-25(28(42-7)17-26(24)39(6)19-32(2,3)38(4)5)37-31-34-15-12-23(36-31)22-18-40-20-33(13-14-33)43-27-11-9-10-21(22)30(27)40;1-8-29(40)34-24-17-25(28(41-7)18-26(24)38(6)20-32(2,3)37(4)5)36-31-33-14-13-23(35-31)22-19-39-15-10-16-42-27-12-9-11-21(22)30(27)39;1-6-28(39)33-23-16-24(27(40-5)17-25(23)37(4)15-14-36(2)3)35-30-32-13-10-22(34-30)21-18-38-19-31(11-12-31)41-26-9-7-8-20(21)29(26)38/h8-12,15-18H,1,13-14,19-20H2,2-7H3,(H,35,41)(H,34,36,37);8-9,11-14,17-19H,1,10,15-16,20H2,2-7H3,(H,34,40)(H,33,35,36);6-10,13,16-18H,1,11-12,14-15,19H2,2-5H3,(H,33,39)(H,32,34,35). The third-order valence-electron chi connectivity index (χ3n) is 24.2. The van der Waals surface area contributed by atoms with Gasteiger partial charge in [-0.2, -0.15) is 0 Å². The van der Waals surface area contributed by atoms with Crippen LogP contribution in [-0.4, -0.2) is 216 Å². The Morgan fingerprint density at radius 3 is 1.15 bits per heavy atom. The molecule has 0 atom stereocenters. The molecule has 656 valence electrons. The largest absolute Gasteiger partial charge is 0.494 e. The molecular formula is C96H113N21O9. The normalized spacial score (nSPS) is 14.1. The van der Waals surface area contributed by atoms with Crippen molar-refractivity contribution in [2.45, 2.75) is 102 Å². The molecule has 0 unspecified atom stereocenters. The van der Waals surface area contributed by atoms with Crippen LogP contribution >= 0.6 is 0 Å². The van der Waals surface area contributed by atoms with Gasteiger partial charge in [-0.3, -0.25) is 14.4 Å². The smallest absolute Gasteiger partial charge is 0.247 e. The fraction of sp³-hybridized carbons (Fsp3) is 0.344. The first-order valence-corrected chi connectivity index (χ1v) is 42.2. The first-order valence-electron chi connectivity index (χ1n) is 42.2. The predicted octanol–water partition coefficient (Wildman–Crippen LogP) is 16.1. The number of anilines is 12. The Morgan fingerprint density at radius 1 is 0.460 bits per heavy atom. The molecule has 0 bridgehead atoms. The number of aryl methyl sites for hydroxylation is 1. The van der Waals surface area contributed by atoms with Gasteiger partial charge in [0, 0.05) is 153 Å². The molecule has 2 fully saturated rings. The van der Waals surface area contributed by atoms with Crippen LogP contribution in [0.1, 0.15) is 59.8 Å². The second kappa shape index (κ2) is 35.9. The van der Waals surface area contributed by atoms with Crippen LogP contribution in [0.4, 0.5) is 69.0 Å². The van der Waals surface area contributed by atoms with E-state index in [2.05, 4.69) is 202 Å². The van der Waals surface area contributed by atoms with E-state index in [9.17, 15) is 14.4 Å². The highest BCUT2D eigenvalue weighted by molar-refractivity contribution is 6.06. The lowest BCUT2D eigenvalue weighted by atomic mass is 10.0. The van der Waals surface area contributed by atoms with E-state index < -0.39 is 0 Å². The van der Waals surface area contributed by atoms with E-state index in [4.69, 9.17) is 43.4 Å². The van der Waals surface area contributed by atoms with Gasteiger partial charge < -0.3 is 103 Å². The summed E-state index contributed by atoms with van der Waals surface area (Å²) < 4.78 is 42.9. The Balaban J connectivity index is 0.000000146. The molecule has 17 rings (SSSR count). The number of nitrogens with zero attached hydrogens (tertiary/aromatic N) is 15. The van der Waals surface area contributed by atoms with E-state index in [0.29, 0.717) is 88.9 Å². The maximum absolute atomic E-state index is 12.4. The second-order valence-corrected chi connectivity index (χ2v) is 34.6. The monoisotopic (exact) mass is 1700 g/mol. The minimum atomic E-state index is -0.307. The van der Waals surface area contributed by atoms with Gasteiger partial charge in [-0.1, -0.05) is 56.1 Å². The van der Waals surface area contributed by atoms with E-state index in [-0.39, 0.29) is 40.0 Å². The zero-order chi connectivity index (χ0) is 89.3. The van der Waals surface area contributed by atoms with Crippen LogP contribution in [0, 0.1) is 0 Å². The highest BCUT2D eigenvalue weighted by atomic mass is 16.5. The van der Waals surface area contributed by atoms with Crippen molar-refractivity contribution in [3.8, 4) is 68.3 Å². The molecule has 0 saturated heterocycles. The maximum Gasteiger partial charge on any atom is 0.247 e. The number of likely N-dealkylation sites (N-methyl/N-ethyl adjacent to an activating group) is 6. The quantitative estimate of drug-likeness (QED) is 0.0228. The molecular weight excluding hydrogens is 1590 g/mol. The average Bonchev–Trinajstić information content (AvgIpc) is 1.57. The number of hydrogen-bond acceptors (Lipinski definition) is 24. The van der Waals surface area contributed by atoms with E-state index in [0.717, 1.165) is 166 Å². The summed E-state index contributed by atoms with van der Waals surface area (Å²) in [6.07, 6.45) is 20.7. The zero-order valence-corrected chi connectivity index (χ0v) is 74.8. The van der Waals surface area contributed by atoms with Crippen molar-refractivity contribution in [1.82, 2.24) is 58.3 Å². The third kappa shape index (κ3) is 18.6. The molecule has 9 heterocycles. The highest BCUT2D eigenvalue weighted by Crippen LogP contribution is 2.52. The summed E-state index contributed by atoms with van der Waals surface area (Å²) in [5, 5.41) is 22.1. The number of para-hydroxylation sites is 3. The molecule has 5 aliphatic rings. The molecule has 6 aromatic heterocycles. The Hall–Kier alpha value is -13.7. The van der Waals surface area contributed by atoms with E-state index in [1.807, 2.05) is 126 Å². The highest BCUT2D eigenvalue weighted by Gasteiger charge is 2.50. The van der Waals surface area contributed by atoms with Crippen LogP contribution in [0.5, 0.6) is 34.5 Å². The molecule has 0 radical (unpaired) electrons. The fourth-order valence-electron chi connectivity index (χ4n) is 16.1. The summed E-state index contributed by atoms with van der Waals surface area (Å²) >= 11 is 0. The van der Waals surface area contributed by atoms with Crippen LogP contribution in [-0.2, 0) is 34.0 Å². The number of amides is 3. The van der Waals surface area contributed by atoms with E-state index in [1.54, 1.807) is 39.9 Å². The minimum Gasteiger partial charge on any atom is -0.494 e. The van der Waals surface area contributed by atoms with Gasteiger partial charge >= 0.3 is 0 Å². The number of hydrogen-bond donors (Lipinski definition) is 6. The van der Waals surface area contributed by atoms with Crippen molar-refractivity contribution in [3.63, 3.8) is 0 Å². The summed E-state index contributed by atoms with van der Waals surface area (Å²) in [4.78, 5) is 78.0. The summed E-state index contributed by atoms with van der Waals surface area (Å²) in [6.45, 7) is 25.8. The molecule has 126 heavy (non-hydrogen) atoms. The van der Waals surface area contributed by atoms with Gasteiger partial charge in [0.05, 0.1) is 126 Å². The molecule has 6 aromatic carbocycles. The molecule has 2 spiro atoms. The van der Waals surface area contributed by atoms with E-state index >= 15 is 0 Å². The first-order chi connectivity index (χ1) is 60.4. The van der Waals surface area contributed by atoms with E-state index in [1.165, 1.54) is 18.2 Å². The molecule has 6 N–H and O–H groups in total. The van der Waals surface area contributed by atoms with Crippen LogP contribution in [0.25, 0.3) is 66.5 Å². The lowest BCUT2D eigenvalue weighted by Gasteiger charge is -2.37. The molecule has 30 heteroatoms. The number of nitrogens with one attached hydrogen (secondary N) is 6. The fourth-order valence-corrected chi connectivity index (χ4v) is 16.1. The molecule has 12 aromatic rings. The van der Waals surface area contributed by atoms with Gasteiger partial charge in [0.1, 0.15) is 45.7 Å². The molecule has 30 nitrogen and oxygen atoms in total. The summed E-state index contributed by atoms with van der Waals surface area (Å²) in [7, 11) is 23.1. The first kappa shape index (κ1) is 87.2. The maximum atomic E-state index is 12.4. The van der Waals surface area contributed by atoms with Crippen molar-refractivity contribution >= 4 is 119 Å². The molecule has 3 amide bonds. The average molecular weight is 1710 g/mol. The van der Waals surface area contributed by atoms with Crippen molar-refractivity contribution in [1.29, 1.82) is 0 Å². The van der Waals surface area contributed by atoms with Crippen LogP contribution in [0.15, 0.2) is 184 Å². The van der Waals surface area contributed by atoms with Crippen molar-refractivity contribution < 1.29 is 42.8 Å². The van der Waals surface area contributed by atoms with Gasteiger partial charge in [-0.15, -0.1) is 0 Å². The molecule has 2 saturated carbocycles. The second-order valence-electron chi connectivity index (χ2n) is 34.6. The lowest BCUT2D eigenvalue weighted by molar-refractivity contribution is -0.112. The number of carbonyl (C=O) groups excluding carboxylic acids is 3. The zero-order valence-electron chi connectivity index (χ0n) is 74.8.